The summed E-state index contributed by atoms with van der Waals surface area (Å²) in [5, 5.41) is 14.5. The molecule has 1 aliphatic heterocycles. The van der Waals surface area contributed by atoms with Crippen molar-refractivity contribution < 1.29 is 18.3 Å². The molecule has 0 spiro atoms. The Bertz CT molecular complexity index is 1150. The molecular weight excluding hydrogens is 428 g/mol. The van der Waals surface area contributed by atoms with Gasteiger partial charge in [0, 0.05) is 29.3 Å². The third kappa shape index (κ3) is 4.41. The number of benzene rings is 1. The van der Waals surface area contributed by atoms with Gasteiger partial charge < -0.3 is 15.4 Å². The summed E-state index contributed by atoms with van der Waals surface area (Å²) in [6, 6.07) is 13.6. The van der Waals surface area contributed by atoms with Gasteiger partial charge >= 0.3 is 0 Å². The van der Waals surface area contributed by atoms with E-state index in [4.69, 9.17) is 4.74 Å². The summed E-state index contributed by atoms with van der Waals surface area (Å²) in [6.45, 7) is 1.37. The number of anilines is 1. The number of halogens is 2. The van der Waals surface area contributed by atoms with Gasteiger partial charge in [-0.05, 0) is 49.2 Å². The smallest absolute Gasteiger partial charge is 0.251 e. The average molecular weight is 451 g/mol. The van der Waals surface area contributed by atoms with Gasteiger partial charge in [0.1, 0.15) is 17.8 Å². The van der Waals surface area contributed by atoms with Crippen molar-refractivity contribution in [2.75, 3.05) is 25.1 Å². The number of hydrogen-bond acceptors (Lipinski definition) is 6. The Morgan fingerprint density at radius 1 is 1.12 bits per heavy atom. The maximum Gasteiger partial charge on any atom is 0.251 e. The number of rotatable bonds is 7. The zero-order valence-electron chi connectivity index (χ0n) is 17.8. The van der Waals surface area contributed by atoms with E-state index in [0.29, 0.717) is 36.8 Å². The zero-order valence-corrected chi connectivity index (χ0v) is 17.8. The number of nitrogens with one attached hydrogen (secondary N) is 2. The first kappa shape index (κ1) is 21.4. The summed E-state index contributed by atoms with van der Waals surface area (Å²) in [6.07, 6.45) is 0.972. The first-order valence-electron chi connectivity index (χ1n) is 10.8. The molecule has 0 atom stereocenters. The molecule has 5 rings (SSSR count). The van der Waals surface area contributed by atoms with Crippen LogP contribution in [0.1, 0.15) is 28.9 Å². The molecule has 3 aromatic rings. The summed E-state index contributed by atoms with van der Waals surface area (Å²) in [7, 11) is 0. The van der Waals surface area contributed by atoms with Gasteiger partial charge in [-0.15, -0.1) is 10.2 Å². The summed E-state index contributed by atoms with van der Waals surface area (Å²) in [5.74, 6) is -0.0906. The molecule has 170 valence electrons. The van der Waals surface area contributed by atoms with Crippen LogP contribution in [-0.4, -0.2) is 53.1 Å². The Morgan fingerprint density at radius 2 is 1.97 bits per heavy atom. The van der Waals surface area contributed by atoms with Gasteiger partial charge in [-0.2, -0.15) is 0 Å². The van der Waals surface area contributed by atoms with Crippen molar-refractivity contribution in [1.82, 2.24) is 20.5 Å². The van der Waals surface area contributed by atoms with Crippen LogP contribution in [0.15, 0.2) is 54.7 Å². The molecule has 1 aliphatic carbocycles. The van der Waals surface area contributed by atoms with Crippen LogP contribution >= 0.6 is 0 Å². The fourth-order valence-electron chi connectivity index (χ4n) is 4.23. The average Bonchev–Trinajstić information content (AvgIpc) is 2.79. The highest BCUT2D eigenvalue weighted by atomic mass is 19.1. The molecular formula is C24H23F2N5O2. The Morgan fingerprint density at radius 3 is 2.64 bits per heavy atom. The lowest BCUT2D eigenvalue weighted by molar-refractivity contribution is -0.00346. The molecule has 9 heteroatoms. The minimum absolute atomic E-state index is 0.0532. The Labute approximate surface area is 189 Å². The molecule has 1 saturated heterocycles. The van der Waals surface area contributed by atoms with Crippen molar-refractivity contribution in [1.29, 1.82) is 0 Å². The summed E-state index contributed by atoms with van der Waals surface area (Å²) in [4.78, 5) is 16.6. The number of carbonyl (C=O) groups excluding carboxylic acids is 1. The standard InChI is InChI=1S/C24H23F2N5O2/c25-17-10-24(11-17,22-19(26)5-2-8-27-22)14-28-21-7-6-20(30-31-21)15-3-1-4-16(9-15)23(32)29-18-12-33-13-18/h1-9,17-18H,10-14H2,(H,28,31)(H,29,32). The second kappa shape index (κ2) is 8.82. The van der Waals surface area contributed by atoms with E-state index < -0.39 is 17.4 Å². The molecule has 1 aromatic carbocycles. The molecule has 2 fully saturated rings. The maximum atomic E-state index is 14.3. The minimum atomic E-state index is -0.969. The molecule has 0 bridgehead atoms. The molecule has 1 amide bonds. The fraction of sp³-hybridized carbons (Fsp3) is 0.333. The molecule has 0 unspecified atom stereocenters. The predicted molar refractivity (Wildman–Crippen MR) is 118 cm³/mol. The van der Waals surface area contributed by atoms with Crippen LogP contribution in [-0.2, 0) is 10.2 Å². The maximum absolute atomic E-state index is 14.3. The highest BCUT2D eigenvalue weighted by Gasteiger charge is 2.48. The lowest BCUT2D eigenvalue weighted by atomic mass is 9.65. The number of ether oxygens (including phenoxy) is 1. The van der Waals surface area contributed by atoms with E-state index in [1.54, 1.807) is 30.3 Å². The summed E-state index contributed by atoms with van der Waals surface area (Å²) in [5.41, 5.74) is 1.48. The number of carbonyl (C=O) groups is 1. The third-order valence-electron chi connectivity index (χ3n) is 6.15. The second-order valence-electron chi connectivity index (χ2n) is 8.57. The highest BCUT2D eigenvalue weighted by Crippen LogP contribution is 2.45. The van der Waals surface area contributed by atoms with Gasteiger partial charge in [-0.25, -0.2) is 8.78 Å². The highest BCUT2D eigenvalue weighted by molar-refractivity contribution is 5.95. The van der Waals surface area contributed by atoms with Gasteiger partial charge in [0.2, 0.25) is 0 Å². The van der Waals surface area contributed by atoms with E-state index in [9.17, 15) is 13.6 Å². The minimum Gasteiger partial charge on any atom is -0.377 e. The van der Waals surface area contributed by atoms with Crippen LogP contribution in [0, 0.1) is 5.82 Å². The van der Waals surface area contributed by atoms with Crippen molar-refractivity contribution in [2.45, 2.75) is 30.5 Å². The first-order valence-corrected chi connectivity index (χ1v) is 10.8. The van der Waals surface area contributed by atoms with Crippen LogP contribution < -0.4 is 10.6 Å². The Balaban J connectivity index is 1.27. The topological polar surface area (TPSA) is 89.0 Å². The molecule has 2 aliphatic rings. The van der Waals surface area contributed by atoms with Crippen LogP contribution in [0.5, 0.6) is 0 Å². The van der Waals surface area contributed by atoms with Gasteiger partial charge in [0.25, 0.3) is 5.91 Å². The molecule has 7 nitrogen and oxygen atoms in total. The quantitative estimate of drug-likeness (QED) is 0.573. The van der Waals surface area contributed by atoms with Gasteiger partial charge in [-0.3, -0.25) is 9.78 Å². The van der Waals surface area contributed by atoms with E-state index >= 15 is 0 Å². The number of hydrogen-bond donors (Lipinski definition) is 2. The van der Waals surface area contributed by atoms with Crippen LogP contribution in [0.3, 0.4) is 0 Å². The number of nitrogens with zero attached hydrogens (tertiary/aromatic N) is 3. The van der Waals surface area contributed by atoms with Gasteiger partial charge in [-0.1, -0.05) is 12.1 Å². The fourth-order valence-corrected chi connectivity index (χ4v) is 4.23. The molecule has 2 aromatic heterocycles. The largest absolute Gasteiger partial charge is 0.377 e. The van der Waals surface area contributed by atoms with Crippen molar-refractivity contribution in [3.63, 3.8) is 0 Å². The van der Waals surface area contributed by atoms with Gasteiger partial charge in [0.05, 0.1) is 30.6 Å². The van der Waals surface area contributed by atoms with Gasteiger partial charge in [0.15, 0.2) is 0 Å². The second-order valence-corrected chi connectivity index (χ2v) is 8.57. The molecule has 0 radical (unpaired) electrons. The summed E-state index contributed by atoms with van der Waals surface area (Å²) >= 11 is 0. The molecule has 1 saturated carbocycles. The van der Waals surface area contributed by atoms with E-state index in [-0.39, 0.29) is 30.5 Å². The van der Waals surface area contributed by atoms with Crippen LogP contribution in [0.2, 0.25) is 0 Å². The van der Waals surface area contributed by atoms with E-state index in [1.807, 2.05) is 6.07 Å². The van der Waals surface area contributed by atoms with Crippen molar-refractivity contribution >= 4 is 11.7 Å². The third-order valence-corrected chi connectivity index (χ3v) is 6.15. The Kier molecular flexibility index (Phi) is 5.72. The normalized spacial score (nSPS) is 22.2. The lowest BCUT2D eigenvalue weighted by Gasteiger charge is -2.44. The van der Waals surface area contributed by atoms with Crippen LogP contribution in [0.25, 0.3) is 11.3 Å². The molecule has 3 heterocycles. The number of pyridine rings is 1. The Hall–Kier alpha value is -3.46. The van der Waals surface area contributed by atoms with E-state index in [1.165, 1.54) is 18.3 Å². The number of aromatic nitrogens is 3. The zero-order chi connectivity index (χ0) is 22.8. The SMILES string of the molecule is O=C(NC1COC1)c1cccc(-c2ccc(NCC3(c4ncccc4F)CC(F)C3)nn2)c1. The summed E-state index contributed by atoms with van der Waals surface area (Å²) < 4.78 is 33.1. The predicted octanol–water partition coefficient (Wildman–Crippen LogP) is 3.29. The van der Waals surface area contributed by atoms with Crippen molar-refractivity contribution in [3.8, 4) is 11.3 Å². The lowest BCUT2D eigenvalue weighted by Crippen LogP contribution is -2.49. The van der Waals surface area contributed by atoms with Crippen LogP contribution in [0.4, 0.5) is 14.6 Å². The number of alkyl halides is 1. The first-order chi connectivity index (χ1) is 16.0. The molecule has 33 heavy (non-hydrogen) atoms. The van der Waals surface area contributed by atoms with E-state index in [2.05, 4.69) is 25.8 Å². The monoisotopic (exact) mass is 451 g/mol. The van der Waals surface area contributed by atoms with E-state index in [0.717, 1.165) is 5.56 Å². The van der Waals surface area contributed by atoms with Crippen molar-refractivity contribution in [3.05, 3.63) is 71.8 Å². The van der Waals surface area contributed by atoms with Crippen molar-refractivity contribution in [2.24, 2.45) is 0 Å². The molecule has 2 N–H and O–H groups in total. The number of amides is 1.